The van der Waals surface area contributed by atoms with Crippen molar-refractivity contribution in [3.63, 3.8) is 0 Å². The number of aromatic nitrogens is 1. The van der Waals surface area contributed by atoms with Gasteiger partial charge in [0.15, 0.2) is 0 Å². The van der Waals surface area contributed by atoms with E-state index in [1.807, 2.05) is 0 Å². The van der Waals surface area contributed by atoms with Crippen molar-refractivity contribution in [2.45, 2.75) is 0 Å². The Kier molecular flexibility index (Phi) is 5.46. The van der Waals surface area contributed by atoms with E-state index in [4.69, 9.17) is 16.3 Å². The van der Waals surface area contributed by atoms with Gasteiger partial charge in [0.25, 0.3) is 11.8 Å². The molecule has 0 bridgehead atoms. The van der Waals surface area contributed by atoms with Gasteiger partial charge in [-0.3, -0.25) is 25.4 Å². The third-order valence-corrected chi connectivity index (χ3v) is 3.72. The summed E-state index contributed by atoms with van der Waals surface area (Å²) in [5.41, 5.74) is 5.31. The SMILES string of the molecule is O=C(NNC(=O)c1ccccc1Cl)c1ccc(Oc2cccnc2)cc1. The minimum atomic E-state index is -0.500. The predicted octanol–water partition coefficient (Wildman–Crippen LogP) is 3.60. The molecule has 1 aromatic heterocycles. The van der Waals surface area contributed by atoms with Gasteiger partial charge in [0.1, 0.15) is 11.5 Å². The van der Waals surface area contributed by atoms with Crippen molar-refractivity contribution in [3.8, 4) is 11.5 Å². The van der Waals surface area contributed by atoms with Gasteiger partial charge in [0.05, 0.1) is 16.8 Å². The van der Waals surface area contributed by atoms with Gasteiger partial charge in [-0.15, -0.1) is 0 Å². The zero-order chi connectivity index (χ0) is 18.4. The molecule has 0 saturated carbocycles. The normalized spacial score (nSPS) is 10.0. The van der Waals surface area contributed by atoms with Crippen LogP contribution in [0.15, 0.2) is 73.1 Å². The van der Waals surface area contributed by atoms with Gasteiger partial charge < -0.3 is 4.74 Å². The number of hydrogen-bond donors (Lipinski definition) is 2. The molecule has 0 radical (unpaired) electrons. The van der Waals surface area contributed by atoms with Crippen molar-refractivity contribution < 1.29 is 14.3 Å². The highest BCUT2D eigenvalue weighted by Gasteiger charge is 2.11. The zero-order valence-corrected chi connectivity index (χ0v) is 14.2. The number of carbonyl (C=O) groups excluding carboxylic acids is 2. The molecule has 7 heteroatoms. The van der Waals surface area contributed by atoms with Crippen LogP contribution in [0.2, 0.25) is 5.02 Å². The molecule has 3 rings (SSSR count). The number of hydrogen-bond acceptors (Lipinski definition) is 4. The van der Waals surface area contributed by atoms with Gasteiger partial charge in [0.2, 0.25) is 0 Å². The first-order valence-electron chi connectivity index (χ1n) is 7.66. The van der Waals surface area contributed by atoms with Crippen LogP contribution in [0.4, 0.5) is 0 Å². The van der Waals surface area contributed by atoms with Gasteiger partial charge in [-0.25, -0.2) is 0 Å². The fourth-order valence-electron chi connectivity index (χ4n) is 2.12. The predicted molar refractivity (Wildman–Crippen MR) is 97.1 cm³/mol. The van der Waals surface area contributed by atoms with Gasteiger partial charge in [-0.1, -0.05) is 23.7 Å². The molecule has 0 unspecified atom stereocenters. The Morgan fingerprint density at radius 1 is 0.846 bits per heavy atom. The summed E-state index contributed by atoms with van der Waals surface area (Å²) < 4.78 is 5.60. The van der Waals surface area contributed by atoms with Crippen LogP contribution < -0.4 is 15.6 Å². The summed E-state index contributed by atoms with van der Waals surface area (Å²) in [5, 5.41) is 0.302. The average Bonchev–Trinajstić information content (AvgIpc) is 2.67. The lowest BCUT2D eigenvalue weighted by Crippen LogP contribution is -2.41. The number of carbonyl (C=O) groups is 2. The lowest BCUT2D eigenvalue weighted by Gasteiger charge is -2.09. The third kappa shape index (κ3) is 4.37. The molecule has 2 amide bonds. The summed E-state index contributed by atoms with van der Waals surface area (Å²) in [5.74, 6) is 0.199. The highest BCUT2D eigenvalue weighted by Crippen LogP contribution is 2.20. The Bertz CT molecular complexity index is 915. The van der Waals surface area contributed by atoms with E-state index in [0.717, 1.165) is 0 Å². The van der Waals surface area contributed by atoms with Crippen LogP contribution in [0.25, 0.3) is 0 Å². The Labute approximate surface area is 154 Å². The number of ether oxygens (including phenoxy) is 1. The largest absolute Gasteiger partial charge is 0.456 e. The summed E-state index contributed by atoms with van der Waals surface area (Å²) in [6.07, 6.45) is 3.24. The van der Waals surface area contributed by atoms with Crippen molar-refractivity contribution in [2.24, 2.45) is 0 Å². The van der Waals surface area contributed by atoms with E-state index in [1.54, 1.807) is 73.1 Å². The van der Waals surface area contributed by atoms with E-state index in [9.17, 15) is 9.59 Å². The second-order valence-electron chi connectivity index (χ2n) is 5.20. The summed E-state index contributed by atoms with van der Waals surface area (Å²) in [6.45, 7) is 0. The maximum atomic E-state index is 12.1. The highest BCUT2D eigenvalue weighted by atomic mass is 35.5. The minimum Gasteiger partial charge on any atom is -0.456 e. The van der Waals surface area contributed by atoms with Crippen LogP contribution in [0, 0.1) is 0 Å². The molecule has 130 valence electrons. The van der Waals surface area contributed by atoms with Gasteiger partial charge >= 0.3 is 0 Å². The second kappa shape index (κ2) is 8.13. The highest BCUT2D eigenvalue weighted by molar-refractivity contribution is 6.33. The summed E-state index contributed by atoms with van der Waals surface area (Å²) in [6, 6.07) is 16.6. The summed E-state index contributed by atoms with van der Waals surface area (Å²) >= 11 is 5.94. The van der Waals surface area contributed by atoms with Crippen LogP contribution in [0.3, 0.4) is 0 Å². The average molecular weight is 368 g/mol. The maximum absolute atomic E-state index is 12.1. The molecule has 0 aliphatic heterocycles. The fraction of sp³-hybridized carbons (Fsp3) is 0. The number of pyridine rings is 1. The topological polar surface area (TPSA) is 80.3 Å². The molecule has 1 heterocycles. The molecular weight excluding hydrogens is 354 g/mol. The van der Waals surface area contributed by atoms with Crippen molar-refractivity contribution >= 4 is 23.4 Å². The third-order valence-electron chi connectivity index (χ3n) is 3.39. The van der Waals surface area contributed by atoms with Crippen LogP contribution in [0.1, 0.15) is 20.7 Å². The standard InChI is InChI=1S/C19H14ClN3O3/c20-17-6-2-1-5-16(17)19(25)23-22-18(24)13-7-9-14(10-8-13)26-15-4-3-11-21-12-15/h1-12H,(H,22,24)(H,23,25). The lowest BCUT2D eigenvalue weighted by atomic mass is 10.2. The van der Waals surface area contributed by atoms with Crippen LogP contribution in [-0.4, -0.2) is 16.8 Å². The smallest absolute Gasteiger partial charge is 0.271 e. The summed E-state index contributed by atoms with van der Waals surface area (Å²) in [7, 11) is 0. The number of amides is 2. The van der Waals surface area contributed by atoms with Gasteiger partial charge in [-0.2, -0.15) is 0 Å². The first-order valence-corrected chi connectivity index (χ1v) is 8.04. The fourth-order valence-corrected chi connectivity index (χ4v) is 2.34. The van der Waals surface area contributed by atoms with Crippen molar-refractivity contribution in [2.75, 3.05) is 0 Å². The van der Waals surface area contributed by atoms with Crippen LogP contribution in [-0.2, 0) is 0 Å². The molecule has 0 aliphatic rings. The molecule has 0 spiro atoms. The number of benzene rings is 2. The maximum Gasteiger partial charge on any atom is 0.271 e. The lowest BCUT2D eigenvalue weighted by molar-refractivity contribution is 0.0846. The number of nitrogens with zero attached hydrogens (tertiary/aromatic N) is 1. The van der Waals surface area contributed by atoms with E-state index < -0.39 is 11.8 Å². The number of rotatable bonds is 4. The first kappa shape index (κ1) is 17.4. The number of nitrogens with one attached hydrogen (secondary N) is 2. The van der Waals surface area contributed by atoms with Crippen molar-refractivity contribution in [3.05, 3.63) is 89.2 Å². The molecule has 26 heavy (non-hydrogen) atoms. The monoisotopic (exact) mass is 367 g/mol. The van der Waals surface area contributed by atoms with E-state index in [-0.39, 0.29) is 5.56 Å². The molecule has 0 atom stereocenters. The minimum absolute atomic E-state index is 0.273. The Balaban J connectivity index is 1.58. The van der Waals surface area contributed by atoms with E-state index in [2.05, 4.69) is 15.8 Å². The van der Waals surface area contributed by atoms with Crippen LogP contribution >= 0.6 is 11.6 Å². The molecule has 0 aliphatic carbocycles. The second-order valence-corrected chi connectivity index (χ2v) is 5.61. The van der Waals surface area contributed by atoms with E-state index in [1.165, 1.54) is 0 Å². The number of hydrazine groups is 1. The molecule has 6 nitrogen and oxygen atoms in total. The molecule has 2 N–H and O–H groups in total. The summed E-state index contributed by atoms with van der Waals surface area (Å²) in [4.78, 5) is 28.1. The quantitative estimate of drug-likeness (QED) is 0.690. The van der Waals surface area contributed by atoms with E-state index in [0.29, 0.717) is 22.1 Å². The Hall–Kier alpha value is -3.38. The molecular formula is C19H14ClN3O3. The Morgan fingerprint density at radius 3 is 2.27 bits per heavy atom. The van der Waals surface area contributed by atoms with Gasteiger partial charge in [0, 0.05) is 11.8 Å². The molecule has 3 aromatic rings. The van der Waals surface area contributed by atoms with Crippen molar-refractivity contribution in [1.29, 1.82) is 0 Å². The van der Waals surface area contributed by atoms with E-state index >= 15 is 0 Å². The Morgan fingerprint density at radius 2 is 1.58 bits per heavy atom. The number of halogens is 1. The van der Waals surface area contributed by atoms with Crippen LogP contribution in [0.5, 0.6) is 11.5 Å². The van der Waals surface area contributed by atoms with Crippen molar-refractivity contribution in [1.82, 2.24) is 15.8 Å². The molecule has 0 fully saturated rings. The molecule has 2 aromatic carbocycles. The molecule has 0 saturated heterocycles. The van der Waals surface area contributed by atoms with Gasteiger partial charge in [-0.05, 0) is 48.5 Å². The first-order chi connectivity index (χ1) is 12.6. The zero-order valence-electron chi connectivity index (χ0n) is 13.5.